The minimum Gasteiger partial charge on any atom is -0.349 e. The Kier molecular flexibility index (Phi) is 3.18. The van der Waals surface area contributed by atoms with E-state index >= 15 is 0 Å². The van der Waals surface area contributed by atoms with Gasteiger partial charge in [0.1, 0.15) is 0 Å². The highest BCUT2D eigenvalue weighted by atomic mass is 32.2. The van der Waals surface area contributed by atoms with Crippen molar-refractivity contribution in [1.82, 2.24) is 8.87 Å². The Labute approximate surface area is 119 Å². The summed E-state index contributed by atoms with van der Waals surface area (Å²) in [5.74, 6) is 0. The number of benzene rings is 1. The van der Waals surface area contributed by atoms with E-state index in [1.807, 2.05) is 44.3 Å². The summed E-state index contributed by atoms with van der Waals surface area (Å²) in [4.78, 5) is 0.370. The molecule has 0 unspecified atom stereocenters. The highest BCUT2D eigenvalue weighted by Crippen LogP contribution is 2.30. The van der Waals surface area contributed by atoms with Gasteiger partial charge in [-0.2, -0.15) is 4.31 Å². The monoisotopic (exact) mass is 290 g/mol. The predicted molar refractivity (Wildman–Crippen MR) is 77.9 cm³/mol. The minimum atomic E-state index is -3.43. The zero-order valence-corrected chi connectivity index (χ0v) is 12.5. The van der Waals surface area contributed by atoms with E-state index in [-0.39, 0.29) is 6.04 Å². The zero-order valence-electron chi connectivity index (χ0n) is 11.7. The van der Waals surface area contributed by atoms with Gasteiger partial charge in [0.25, 0.3) is 0 Å². The highest BCUT2D eigenvalue weighted by molar-refractivity contribution is 7.89. The summed E-state index contributed by atoms with van der Waals surface area (Å²) < 4.78 is 29.2. The Morgan fingerprint density at radius 2 is 1.80 bits per heavy atom. The molecule has 0 amide bonds. The van der Waals surface area contributed by atoms with E-state index in [1.165, 1.54) is 0 Å². The van der Waals surface area contributed by atoms with Gasteiger partial charge in [0.15, 0.2) is 0 Å². The summed E-state index contributed by atoms with van der Waals surface area (Å²) >= 11 is 0. The van der Waals surface area contributed by atoms with Crippen molar-refractivity contribution in [2.45, 2.75) is 31.3 Å². The van der Waals surface area contributed by atoms with Gasteiger partial charge in [-0.25, -0.2) is 8.42 Å². The molecule has 1 aromatic carbocycles. The maximum atomic E-state index is 12.8. The van der Waals surface area contributed by atoms with Crippen LogP contribution in [0.2, 0.25) is 0 Å². The molecule has 0 N–H and O–H groups in total. The van der Waals surface area contributed by atoms with E-state index in [0.29, 0.717) is 18.0 Å². The molecule has 106 valence electrons. The van der Waals surface area contributed by atoms with Crippen molar-refractivity contribution in [3.05, 3.63) is 53.9 Å². The quantitative estimate of drug-likeness (QED) is 0.853. The molecule has 1 aliphatic heterocycles. The van der Waals surface area contributed by atoms with E-state index < -0.39 is 10.0 Å². The van der Waals surface area contributed by atoms with E-state index in [4.69, 9.17) is 0 Å². The molecule has 4 nitrogen and oxygen atoms in total. The normalized spacial score (nSPS) is 19.8. The summed E-state index contributed by atoms with van der Waals surface area (Å²) in [5.41, 5.74) is 2.11. The molecule has 20 heavy (non-hydrogen) atoms. The maximum Gasteiger partial charge on any atom is 0.243 e. The van der Waals surface area contributed by atoms with E-state index in [2.05, 4.69) is 4.57 Å². The summed E-state index contributed by atoms with van der Waals surface area (Å²) in [6, 6.07) is 10.9. The molecule has 0 aliphatic carbocycles. The van der Waals surface area contributed by atoms with Crippen molar-refractivity contribution in [3.63, 3.8) is 0 Å². The smallest absolute Gasteiger partial charge is 0.243 e. The topological polar surface area (TPSA) is 42.3 Å². The van der Waals surface area contributed by atoms with Gasteiger partial charge in [-0.3, -0.25) is 0 Å². The van der Waals surface area contributed by atoms with E-state index in [0.717, 1.165) is 11.3 Å². The molecule has 1 aliphatic rings. The van der Waals surface area contributed by atoms with Crippen LogP contribution in [-0.4, -0.2) is 23.8 Å². The van der Waals surface area contributed by atoms with Crippen molar-refractivity contribution in [3.8, 4) is 0 Å². The average molecular weight is 290 g/mol. The molecule has 0 fully saturated rings. The summed E-state index contributed by atoms with van der Waals surface area (Å²) in [5, 5.41) is 0. The first kappa shape index (κ1) is 13.4. The van der Waals surface area contributed by atoms with Gasteiger partial charge in [0.2, 0.25) is 10.0 Å². The van der Waals surface area contributed by atoms with Crippen molar-refractivity contribution >= 4 is 10.0 Å². The lowest BCUT2D eigenvalue weighted by Gasteiger charge is -2.33. The number of fused-ring (bicyclic) bond motifs is 1. The number of hydrogen-bond acceptors (Lipinski definition) is 2. The molecular formula is C15H18N2O2S. The van der Waals surface area contributed by atoms with Crippen LogP contribution in [0.1, 0.15) is 24.2 Å². The van der Waals surface area contributed by atoms with Gasteiger partial charge in [-0.15, -0.1) is 0 Å². The molecule has 3 rings (SSSR count). The molecule has 1 aromatic heterocycles. The SMILES string of the molecule is Cc1ccc(S(=O)(=O)N2CCn3cccc3[C@@H]2C)cc1. The average Bonchev–Trinajstić information content (AvgIpc) is 2.88. The van der Waals surface area contributed by atoms with Crippen LogP contribution in [0.3, 0.4) is 0 Å². The van der Waals surface area contributed by atoms with Crippen molar-refractivity contribution in [2.75, 3.05) is 6.54 Å². The second-order valence-corrected chi connectivity index (χ2v) is 7.12. The number of sulfonamides is 1. The minimum absolute atomic E-state index is 0.134. The molecule has 5 heteroatoms. The van der Waals surface area contributed by atoms with Gasteiger partial charge in [-0.1, -0.05) is 17.7 Å². The lowest BCUT2D eigenvalue weighted by atomic mass is 10.2. The first-order chi connectivity index (χ1) is 9.50. The van der Waals surface area contributed by atoms with Crippen LogP contribution in [0, 0.1) is 6.92 Å². The standard InChI is InChI=1S/C15H18N2O2S/c1-12-5-7-14(8-6-12)20(18,19)17-11-10-16-9-3-4-15(16)13(17)2/h3-9,13H,10-11H2,1-2H3/t13-/m0/s1. The third-order valence-electron chi connectivity index (χ3n) is 3.91. The Bertz CT molecular complexity index is 717. The summed E-state index contributed by atoms with van der Waals surface area (Å²) in [6.07, 6.45) is 2.00. The fourth-order valence-corrected chi connectivity index (χ4v) is 4.33. The number of nitrogens with zero attached hydrogens (tertiary/aromatic N) is 2. The Morgan fingerprint density at radius 1 is 1.10 bits per heavy atom. The maximum absolute atomic E-state index is 12.8. The number of hydrogen-bond donors (Lipinski definition) is 0. The first-order valence-electron chi connectivity index (χ1n) is 6.74. The van der Waals surface area contributed by atoms with Gasteiger partial charge in [-0.05, 0) is 38.1 Å². The second kappa shape index (κ2) is 4.75. The third-order valence-corrected chi connectivity index (χ3v) is 5.90. The van der Waals surface area contributed by atoms with Crippen molar-refractivity contribution in [2.24, 2.45) is 0 Å². The van der Waals surface area contributed by atoms with Crippen LogP contribution in [-0.2, 0) is 16.6 Å². The second-order valence-electron chi connectivity index (χ2n) is 5.23. The van der Waals surface area contributed by atoms with Crippen LogP contribution in [0.4, 0.5) is 0 Å². The lowest BCUT2D eigenvalue weighted by Crippen LogP contribution is -2.40. The number of aromatic nitrogens is 1. The summed E-state index contributed by atoms with van der Waals surface area (Å²) in [6.45, 7) is 5.11. The predicted octanol–water partition coefficient (Wildman–Crippen LogP) is 2.56. The van der Waals surface area contributed by atoms with Crippen LogP contribution >= 0.6 is 0 Å². The fraction of sp³-hybridized carbons (Fsp3) is 0.333. The number of rotatable bonds is 2. The van der Waals surface area contributed by atoms with Gasteiger partial charge < -0.3 is 4.57 Å². The summed E-state index contributed by atoms with van der Waals surface area (Å²) in [7, 11) is -3.43. The van der Waals surface area contributed by atoms with Gasteiger partial charge in [0, 0.05) is 25.0 Å². The molecule has 0 radical (unpaired) electrons. The van der Waals surface area contributed by atoms with E-state index in [1.54, 1.807) is 16.4 Å². The van der Waals surface area contributed by atoms with Crippen LogP contribution in [0.15, 0.2) is 47.5 Å². The molecule has 0 spiro atoms. The molecule has 1 atom stereocenters. The highest BCUT2D eigenvalue weighted by Gasteiger charge is 2.33. The molecule has 2 heterocycles. The van der Waals surface area contributed by atoms with Crippen molar-refractivity contribution < 1.29 is 8.42 Å². The Balaban J connectivity index is 1.99. The number of aryl methyl sites for hydroxylation is 1. The Hall–Kier alpha value is -1.59. The molecule has 0 bridgehead atoms. The first-order valence-corrected chi connectivity index (χ1v) is 8.18. The van der Waals surface area contributed by atoms with E-state index in [9.17, 15) is 8.42 Å². The van der Waals surface area contributed by atoms with Gasteiger partial charge in [0.05, 0.1) is 10.9 Å². The largest absolute Gasteiger partial charge is 0.349 e. The van der Waals surface area contributed by atoms with Crippen LogP contribution in [0.5, 0.6) is 0 Å². The Morgan fingerprint density at radius 3 is 2.50 bits per heavy atom. The molecule has 0 saturated heterocycles. The lowest BCUT2D eigenvalue weighted by molar-refractivity contribution is 0.282. The molecule has 0 saturated carbocycles. The molecule has 2 aromatic rings. The van der Waals surface area contributed by atoms with Crippen molar-refractivity contribution in [1.29, 1.82) is 0 Å². The van der Waals surface area contributed by atoms with Gasteiger partial charge >= 0.3 is 0 Å². The zero-order chi connectivity index (χ0) is 14.3. The van der Waals surface area contributed by atoms with Crippen LogP contribution < -0.4 is 0 Å². The fourth-order valence-electron chi connectivity index (χ4n) is 2.73. The van der Waals surface area contributed by atoms with Crippen LogP contribution in [0.25, 0.3) is 0 Å². The third kappa shape index (κ3) is 2.07. The molecular weight excluding hydrogens is 272 g/mol.